The largest absolute Gasteiger partial charge is 0.368 e. The Balaban J connectivity index is 4.56. The van der Waals surface area contributed by atoms with Gasteiger partial charge >= 0.3 is 0 Å². The number of carbonyl (C=O) groups is 7. The maximum absolute atomic E-state index is 12.7. The third-order valence-corrected chi connectivity index (χ3v) is 5.04. The summed E-state index contributed by atoms with van der Waals surface area (Å²) in [5, 5.41) is 15.0. The number of amides is 7. The lowest BCUT2D eigenvalue weighted by Gasteiger charge is -2.32. The third kappa shape index (κ3) is 16.8. The first-order chi connectivity index (χ1) is 17.6. The van der Waals surface area contributed by atoms with Crippen molar-refractivity contribution in [2.24, 2.45) is 5.73 Å². The Hall–Kier alpha value is -3.75. The Labute approximate surface area is 222 Å². The van der Waals surface area contributed by atoms with E-state index in [1.807, 2.05) is 0 Å². The van der Waals surface area contributed by atoms with Crippen molar-refractivity contribution in [1.29, 1.82) is 0 Å². The first-order valence-corrected chi connectivity index (χ1v) is 12.2. The van der Waals surface area contributed by atoms with E-state index in [2.05, 4.69) is 31.9 Å². The molecule has 0 aliphatic carbocycles. The van der Waals surface area contributed by atoms with E-state index in [-0.39, 0.29) is 45.0 Å². The standard InChI is InChI=1S/C23H41N7O8/c1-6-23(5,9-16(32)27-11-18(34)26-10-15(24)31)30-17(33)8-22(3,4)29-19(35)12-28-21(37)14-38-13-20(36)25-7-2/h6-14H2,1-5H3,(H2,24,31)(H,25,36)(H,26,34)(H,27,32)(H,28,37)(H,29,35)(H,30,33). The van der Waals surface area contributed by atoms with E-state index < -0.39 is 53.1 Å². The maximum Gasteiger partial charge on any atom is 0.246 e. The van der Waals surface area contributed by atoms with E-state index in [1.54, 1.807) is 34.6 Å². The van der Waals surface area contributed by atoms with Crippen molar-refractivity contribution in [1.82, 2.24) is 31.9 Å². The predicted octanol–water partition coefficient (Wildman–Crippen LogP) is -3.07. The molecule has 8 N–H and O–H groups in total. The van der Waals surface area contributed by atoms with E-state index in [9.17, 15) is 33.6 Å². The summed E-state index contributed by atoms with van der Waals surface area (Å²) in [6, 6.07) is 0. The molecule has 7 amide bonds. The smallest absolute Gasteiger partial charge is 0.246 e. The predicted molar refractivity (Wildman–Crippen MR) is 136 cm³/mol. The van der Waals surface area contributed by atoms with Crippen molar-refractivity contribution < 1.29 is 38.3 Å². The lowest BCUT2D eigenvalue weighted by molar-refractivity contribution is -0.133. The highest BCUT2D eigenvalue weighted by Gasteiger charge is 2.31. The number of primary amides is 1. The van der Waals surface area contributed by atoms with Gasteiger partial charge in [-0.1, -0.05) is 6.92 Å². The average Bonchev–Trinajstić information content (AvgIpc) is 2.79. The molecule has 216 valence electrons. The van der Waals surface area contributed by atoms with Crippen LogP contribution in [0.5, 0.6) is 0 Å². The van der Waals surface area contributed by atoms with Crippen LogP contribution in [-0.4, -0.2) is 91.8 Å². The van der Waals surface area contributed by atoms with Gasteiger partial charge in [0.05, 0.1) is 19.6 Å². The third-order valence-electron chi connectivity index (χ3n) is 5.04. The number of nitrogens with one attached hydrogen (secondary N) is 6. The molecule has 0 aromatic heterocycles. The van der Waals surface area contributed by atoms with Gasteiger partial charge in [0.15, 0.2) is 0 Å². The minimum atomic E-state index is -0.976. The first kappa shape index (κ1) is 34.2. The average molecular weight is 544 g/mol. The van der Waals surface area contributed by atoms with Crippen LogP contribution in [0.3, 0.4) is 0 Å². The molecule has 0 saturated carbocycles. The Morgan fingerprint density at radius 2 is 1.16 bits per heavy atom. The van der Waals surface area contributed by atoms with Gasteiger partial charge in [0.25, 0.3) is 0 Å². The van der Waals surface area contributed by atoms with Gasteiger partial charge in [-0.3, -0.25) is 33.6 Å². The van der Waals surface area contributed by atoms with E-state index in [4.69, 9.17) is 10.5 Å². The summed E-state index contributed by atoms with van der Waals surface area (Å²) in [6.45, 7) is 7.18. The van der Waals surface area contributed by atoms with Crippen LogP contribution in [-0.2, 0) is 38.3 Å². The van der Waals surface area contributed by atoms with Crippen LogP contribution in [0.4, 0.5) is 0 Å². The first-order valence-electron chi connectivity index (χ1n) is 12.2. The quantitative estimate of drug-likeness (QED) is 0.0936. The van der Waals surface area contributed by atoms with Crippen LogP contribution in [0.15, 0.2) is 0 Å². The number of likely N-dealkylation sites (N-methyl/N-ethyl adjacent to an activating group) is 1. The van der Waals surface area contributed by atoms with Crippen molar-refractivity contribution >= 4 is 41.4 Å². The summed E-state index contributed by atoms with van der Waals surface area (Å²) in [7, 11) is 0. The Morgan fingerprint density at radius 1 is 0.632 bits per heavy atom. The van der Waals surface area contributed by atoms with Crippen LogP contribution in [0.1, 0.15) is 53.9 Å². The molecule has 0 rings (SSSR count). The summed E-state index contributed by atoms with van der Waals surface area (Å²) in [6.07, 6.45) is 0.176. The summed E-state index contributed by atoms with van der Waals surface area (Å²) in [4.78, 5) is 82.5. The second-order valence-corrected chi connectivity index (χ2v) is 9.49. The molecular weight excluding hydrogens is 502 g/mol. The van der Waals surface area contributed by atoms with E-state index in [1.165, 1.54) is 0 Å². The molecule has 0 aromatic rings. The van der Waals surface area contributed by atoms with Gasteiger partial charge in [0.1, 0.15) is 13.2 Å². The van der Waals surface area contributed by atoms with Crippen LogP contribution >= 0.6 is 0 Å². The second kappa shape index (κ2) is 16.9. The SMILES string of the molecule is CCNC(=O)COCC(=O)NCC(=O)NC(C)(C)CC(=O)NC(C)(CC)CC(=O)NCC(=O)NCC(N)=O. The van der Waals surface area contributed by atoms with Crippen molar-refractivity contribution in [3.63, 3.8) is 0 Å². The maximum atomic E-state index is 12.7. The van der Waals surface area contributed by atoms with Gasteiger partial charge in [0, 0.05) is 30.5 Å². The molecule has 15 nitrogen and oxygen atoms in total. The molecule has 0 fully saturated rings. The van der Waals surface area contributed by atoms with Crippen LogP contribution in [0.25, 0.3) is 0 Å². The van der Waals surface area contributed by atoms with Crippen molar-refractivity contribution in [2.75, 3.05) is 39.4 Å². The second-order valence-electron chi connectivity index (χ2n) is 9.49. The number of hydrogen-bond acceptors (Lipinski definition) is 8. The summed E-state index contributed by atoms with van der Waals surface area (Å²) in [5.74, 6) is -3.68. The normalized spacial score (nSPS) is 12.3. The fourth-order valence-electron chi connectivity index (χ4n) is 3.06. The highest BCUT2D eigenvalue weighted by Crippen LogP contribution is 2.16. The molecular formula is C23H41N7O8. The van der Waals surface area contributed by atoms with Gasteiger partial charge < -0.3 is 42.4 Å². The number of ether oxygens (including phenoxy) is 1. The molecule has 0 aliphatic rings. The van der Waals surface area contributed by atoms with Gasteiger partial charge in [0.2, 0.25) is 41.4 Å². The lowest BCUT2D eigenvalue weighted by atomic mass is 9.92. The van der Waals surface area contributed by atoms with Crippen molar-refractivity contribution in [2.45, 2.75) is 65.0 Å². The number of carbonyl (C=O) groups excluding carboxylic acids is 7. The molecule has 0 aromatic carbocycles. The van der Waals surface area contributed by atoms with Gasteiger partial charge in [-0.05, 0) is 34.1 Å². The zero-order chi connectivity index (χ0) is 29.4. The minimum absolute atomic E-state index is 0.112. The van der Waals surface area contributed by atoms with E-state index >= 15 is 0 Å². The van der Waals surface area contributed by atoms with Crippen molar-refractivity contribution in [3.8, 4) is 0 Å². The van der Waals surface area contributed by atoms with E-state index in [0.717, 1.165) is 0 Å². The zero-order valence-electron chi connectivity index (χ0n) is 22.7. The zero-order valence-corrected chi connectivity index (χ0v) is 22.7. The molecule has 0 saturated heterocycles. The van der Waals surface area contributed by atoms with Crippen LogP contribution in [0, 0.1) is 0 Å². The fourth-order valence-corrected chi connectivity index (χ4v) is 3.06. The molecule has 0 spiro atoms. The Bertz CT molecular complexity index is 878. The van der Waals surface area contributed by atoms with Gasteiger partial charge in [-0.15, -0.1) is 0 Å². The summed E-state index contributed by atoms with van der Waals surface area (Å²) < 4.78 is 4.95. The lowest BCUT2D eigenvalue weighted by Crippen LogP contribution is -2.54. The molecule has 0 bridgehead atoms. The summed E-state index contributed by atoms with van der Waals surface area (Å²) >= 11 is 0. The molecule has 1 unspecified atom stereocenters. The van der Waals surface area contributed by atoms with Crippen molar-refractivity contribution in [3.05, 3.63) is 0 Å². The van der Waals surface area contributed by atoms with Gasteiger partial charge in [-0.2, -0.15) is 0 Å². The topological polar surface area (TPSA) is 227 Å². The molecule has 1 atom stereocenters. The molecule has 38 heavy (non-hydrogen) atoms. The minimum Gasteiger partial charge on any atom is -0.368 e. The fraction of sp³-hybridized carbons (Fsp3) is 0.696. The molecule has 0 aliphatic heterocycles. The Morgan fingerprint density at radius 3 is 1.71 bits per heavy atom. The highest BCUT2D eigenvalue weighted by atomic mass is 16.5. The molecule has 0 radical (unpaired) electrons. The summed E-state index contributed by atoms with van der Waals surface area (Å²) in [5.41, 5.74) is 3.04. The number of rotatable bonds is 18. The van der Waals surface area contributed by atoms with Crippen LogP contribution in [0.2, 0.25) is 0 Å². The van der Waals surface area contributed by atoms with Gasteiger partial charge in [-0.25, -0.2) is 0 Å². The highest BCUT2D eigenvalue weighted by molar-refractivity contribution is 5.89. The number of nitrogens with two attached hydrogens (primary N) is 1. The Kier molecular flexibility index (Phi) is 15.2. The molecule has 15 heteroatoms. The monoisotopic (exact) mass is 543 g/mol. The number of hydrogen-bond donors (Lipinski definition) is 7. The van der Waals surface area contributed by atoms with E-state index in [0.29, 0.717) is 13.0 Å². The molecule has 0 heterocycles. The van der Waals surface area contributed by atoms with Crippen LogP contribution < -0.4 is 37.6 Å².